The molecule has 0 unspecified atom stereocenters. The summed E-state index contributed by atoms with van der Waals surface area (Å²) in [5, 5.41) is 4.42. The van der Waals surface area contributed by atoms with E-state index in [0.717, 1.165) is 41.0 Å². The Morgan fingerprint density at radius 3 is 2.71 bits per heavy atom. The number of thiophene rings is 1. The van der Waals surface area contributed by atoms with Crippen molar-refractivity contribution in [1.82, 2.24) is 5.32 Å². The van der Waals surface area contributed by atoms with Crippen LogP contribution in [0.1, 0.15) is 71.8 Å². The Bertz CT molecular complexity index is 1550. The van der Waals surface area contributed by atoms with Crippen molar-refractivity contribution < 1.29 is 18.7 Å². The maximum atomic E-state index is 13.5. The Hall–Kier alpha value is -3.55. The Morgan fingerprint density at radius 2 is 1.98 bits per heavy atom. The van der Waals surface area contributed by atoms with Crippen LogP contribution in [0.2, 0.25) is 5.02 Å². The summed E-state index contributed by atoms with van der Waals surface area (Å²) in [6.07, 6.45) is 6.30. The van der Waals surface area contributed by atoms with Crippen molar-refractivity contribution in [2.75, 3.05) is 6.61 Å². The molecule has 1 N–H and O–H groups in total. The lowest BCUT2D eigenvalue weighted by Gasteiger charge is -2.33. The highest BCUT2D eigenvalue weighted by Crippen LogP contribution is 2.45. The van der Waals surface area contributed by atoms with Gasteiger partial charge in [-0.3, -0.25) is 4.79 Å². The van der Waals surface area contributed by atoms with Gasteiger partial charge in [-0.1, -0.05) is 50.6 Å². The Balaban J connectivity index is 1.40. The fourth-order valence-electron chi connectivity index (χ4n) is 5.20. The molecule has 1 amide bonds. The zero-order chi connectivity index (χ0) is 29.7. The summed E-state index contributed by atoms with van der Waals surface area (Å²) in [7, 11) is 0. The molecule has 2 heterocycles. The normalized spacial score (nSPS) is 15.0. The molecule has 0 fully saturated rings. The third-order valence-electron chi connectivity index (χ3n) is 7.64. The van der Waals surface area contributed by atoms with Crippen LogP contribution in [0.25, 0.3) is 0 Å². The number of amides is 1. The van der Waals surface area contributed by atoms with Crippen molar-refractivity contribution in [3.63, 3.8) is 0 Å². The summed E-state index contributed by atoms with van der Waals surface area (Å²) < 4.78 is 17.4. The molecule has 8 heteroatoms. The molecule has 1 aliphatic rings. The molecule has 2 aromatic heterocycles. The van der Waals surface area contributed by atoms with E-state index in [0.29, 0.717) is 53.5 Å². The van der Waals surface area contributed by atoms with Crippen LogP contribution >= 0.6 is 22.9 Å². The highest BCUT2D eigenvalue weighted by Gasteiger charge is 2.33. The van der Waals surface area contributed by atoms with Gasteiger partial charge in [-0.05, 0) is 85.0 Å². The molecule has 6 nitrogen and oxygen atoms in total. The molecule has 0 aliphatic heterocycles. The lowest BCUT2D eigenvalue weighted by atomic mass is 9.72. The number of halogens is 1. The molecule has 220 valence electrons. The van der Waals surface area contributed by atoms with Gasteiger partial charge in [-0.15, -0.1) is 11.3 Å². The third-order valence-corrected chi connectivity index (χ3v) is 9.17. The number of carbonyl (C=O) groups excluding carboxylic acids is 1. The van der Waals surface area contributed by atoms with Crippen LogP contribution in [0.5, 0.6) is 11.5 Å². The van der Waals surface area contributed by atoms with Crippen LogP contribution in [0, 0.1) is 11.3 Å². The van der Waals surface area contributed by atoms with Gasteiger partial charge >= 0.3 is 0 Å². The lowest BCUT2D eigenvalue weighted by molar-refractivity contribution is 0.0947. The number of ether oxygens (including phenoxy) is 2. The van der Waals surface area contributed by atoms with Gasteiger partial charge in [0.05, 0.1) is 25.0 Å². The van der Waals surface area contributed by atoms with Crippen LogP contribution in [-0.2, 0) is 26.0 Å². The Morgan fingerprint density at radius 1 is 1.14 bits per heavy atom. The van der Waals surface area contributed by atoms with E-state index in [1.165, 1.54) is 4.88 Å². The molecule has 2 aromatic carbocycles. The Kier molecular flexibility index (Phi) is 9.39. The average Bonchev–Trinajstić information content (AvgIpc) is 3.62. The summed E-state index contributed by atoms with van der Waals surface area (Å²) in [4.78, 5) is 19.6. The molecule has 1 aliphatic carbocycles. The van der Waals surface area contributed by atoms with E-state index in [4.69, 9.17) is 30.5 Å². The lowest BCUT2D eigenvalue weighted by Crippen LogP contribution is -2.28. The second kappa shape index (κ2) is 13.2. The number of nitrogens with zero attached hydrogens (tertiary/aromatic N) is 1. The van der Waals surface area contributed by atoms with Crippen LogP contribution in [0.15, 0.2) is 70.3 Å². The minimum absolute atomic E-state index is 0.122. The first kappa shape index (κ1) is 29.9. The van der Waals surface area contributed by atoms with Gasteiger partial charge < -0.3 is 19.2 Å². The standard InChI is InChI=1S/C34H37ClN2O4S/c1-5-39-29-17-22(12-15-28(29)41-21-23-9-6-7-11-27(23)35)19-37-33-31(32(38)36-20-25-10-8-16-40-25)26-14-13-24(34(2,3)4)18-30(26)42-33/h6-12,15-17,19,24H,5,13-14,18,20-21H2,1-4H3,(H,36,38)/t24-/m1/s1. The maximum Gasteiger partial charge on any atom is 0.255 e. The zero-order valence-electron chi connectivity index (χ0n) is 24.5. The van der Waals surface area contributed by atoms with Gasteiger partial charge in [0.15, 0.2) is 11.5 Å². The van der Waals surface area contributed by atoms with Gasteiger partial charge in [0.2, 0.25) is 0 Å². The molecule has 0 bridgehead atoms. The third kappa shape index (κ3) is 7.08. The zero-order valence-corrected chi connectivity index (χ0v) is 26.1. The molecule has 0 saturated carbocycles. The molecule has 4 aromatic rings. The van der Waals surface area contributed by atoms with Crippen LogP contribution in [0.4, 0.5) is 5.00 Å². The fourth-order valence-corrected chi connectivity index (χ4v) is 6.66. The van der Waals surface area contributed by atoms with Gasteiger partial charge in [0, 0.05) is 21.7 Å². The van der Waals surface area contributed by atoms with E-state index in [-0.39, 0.29) is 11.3 Å². The number of nitrogens with one attached hydrogen (secondary N) is 1. The first-order chi connectivity index (χ1) is 20.2. The Labute approximate surface area is 256 Å². The first-order valence-electron chi connectivity index (χ1n) is 14.3. The molecule has 42 heavy (non-hydrogen) atoms. The molecule has 0 saturated heterocycles. The van der Waals surface area contributed by atoms with Crippen LogP contribution in [-0.4, -0.2) is 18.7 Å². The predicted octanol–water partition coefficient (Wildman–Crippen LogP) is 8.80. The highest BCUT2D eigenvalue weighted by atomic mass is 35.5. The number of furan rings is 1. The minimum atomic E-state index is -0.122. The summed E-state index contributed by atoms with van der Waals surface area (Å²) in [6, 6.07) is 17.0. The van der Waals surface area contributed by atoms with Crippen molar-refractivity contribution in [3.8, 4) is 11.5 Å². The predicted molar refractivity (Wildman–Crippen MR) is 170 cm³/mol. The smallest absolute Gasteiger partial charge is 0.255 e. The fraction of sp³-hybridized carbons (Fsp3) is 0.353. The average molecular weight is 605 g/mol. The summed E-state index contributed by atoms with van der Waals surface area (Å²) in [5.74, 6) is 2.41. The van der Waals surface area contributed by atoms with E-state index >= 15 is 0 Å². The van der Waals surface area contributed by atoms with Crippen molar-refractivity contribution in [3.05, 3.63) is 98.8 Å². The van der Waals surface area contributed by atoms with Gasteiger partial charge in [-0.25, -0.2) is 4.99 Å². The topological polar surface area (TPSA) is 73.1 Å². The molecular formula is C34H37ClN2O4S. The molecule has 1 atom stereocenters. The summed E-state index contributed by atoms with van der Waals surface area (Å²) >= 11 is 7.93. The van der Waals surface area contributed by atoms with E-state index in [2.05, 4.69) is 26.1 Å². The number of carbonyl (C=O) groups is 1. The second-order valence-electron chi connectivity index (χ2n) is 11.5. The summed E-state index contributed by atoms with van der Waals surface area (Å²) in [6.45, 7) is 9.98. The highest BCUT2D eigenvalue weighted by molar-refractivity contribution is 7.16. The van der Waals surface area contributed by atoms with Gasteiger partial charge in [-0.2, -0.15) is 0 Å². The van der Waals surface area contributed by atoms with Gasteiger partial charge in [0.25, 0.3) is 5.91 Å². The van der Waals surface area contributed by atoms with Crippen LogP contribution in [0.3, 0.4) is 0 Å². The number of aliphatic imine (C=N–C) groups is 1. The molecule has 0 radical (unpaired) electrons. The van der Waals surface area contributed by atoms with Crippen LogP contribution < -0.4 is 14.8 Å². The number of hydrogen-bond acceptors (Lipinski definition) is 6. The van der Waals surface area contributed by atoms with E-state index in [1.54, 1.807) is 23.8 Å². The summed E-state index contributed by atoms with van der Waals surface area (Å²) in [5.41, 5.74) is 3.76. The molecule has 0 spiro atoms. The van der Waals surface area contributed by atoms with Crippen molar-refractivity contribution >= 4 is 40.1 Å². The largest absolute Gasteiger partial charge is 0.490 e. The second-order valence-corrected chi connectivity index (χ2v) is 13.0. The number of benzene rings is 2. The molecule has 5 rings (SSSR count). The molecular weight excluding hydrogens is 568 g/mol. The van der Waals surface area contributed by atoms with Crippen molar-refractivity contribution in [1.29, 1.82) is 0 Å². The van der Waals surface area contributed by atoms with E-state index in [9.17, 15) is 4.79 Å². The first-order valence-corrected chi connectivity index (χ1v) is 15.5. The van der Waals surface area contributed by atoms with Crippen molar-refractivity contribution in [2.45, 2.75) is 60.1 Å². The van der Waals surface area contributed by atoms with E-state index < -0.39 is 0 Å². The number of rotatable bonds is 10. The monoisotopic (exact) mass is 604 g/mol. The maximum absolute atomic E-state index is 13.5. The van der Waals surface area contributed by atoms with E-state index in [1.807, 2.05) is 61.5 Å². The number of fused-ring (bicyclic) bond motifs is 1. The van der Waals surface area contributed by atoms with Gasteiger partial charge in [0.1, 0.15) is 17.4 Å². The minimum Gasteiger partial charge on any atom is -0.490 e. The number of hydrogen-bond donors (Lipinski definition) is 1. The SMILES string of the molecule is CCOc1cc(C=Nc2sc3c(c2C(=O)NCc2ccco2)CC[C@@H](C(C)(C)C)C3)ccc1OCc1ccccc1Cl. The van der Waals surface area contributed by atoms with Crippen molar-refractivity contribution in [2.24, 2.45) is 16.3 Å². The quantitative estimate of drug-likeness (QED) is 0.184.